The first-order chi connectivity index (χ1) is 15.2. The van der Waals surface area contributed by atoms with E-state index in [-0.39, 0.29) is 10.8 Å². The van der Waals surface area contributed by atoms with Gasteiger partial charge in [-0.3, -0.25) is 14.5 Å². The Morgan fingerprint density at radius 3 is 2.28 bits per heavy atom. The zero-order chi connectivity index (χ0) is 23.1. The van der Waals surface area contributed by atoms with E-state index in [0.29, 0.717) is 18.1 Å². The molecule has 0 aliphatic carbocycles. The summed E-state index contributed by atoms with van der Waals surface area (Å²) in [5.41, 5.74) is 1.22. The number of halogens is 1. The van der Waals surface area contributed by atoms with Gasteiger partial charge < -0.3 is 9.64 Å². The number of benzene rings is 2. The van der Waals surface area contributed by atoms with Crippen molar-refractivity contribution in [3.8, 4) is 0 Å². The fourth-order valence-electron chi connectivity index (χ4n) is 3.31. The molecule has 1 amide bonds. The second-order valence-corrected chi connectivity index (χ2v) is 9.70. The zero-order valence-electron chi connectivity index (χ0n) is 17.7. The van der Waals surface area contributed by atoms with Gasteiger partial charge in [-0.25, -0.2) is 8.42 Å². The summed E-state index contributed by atoms with van der Waals surface area (Å²) in [4.78, 5) is 28.5. The van der Waals surface area contributed by atoms with Crippen molar-refractivity contribution in [2.45, 2.75) is 24.4 Å². The molecule has 1 atom stereocenters. The number of esters is 1. The summed E-state index contributed by atoms with van der Waals surface area (Å²) in [5, 5.41) is 0.399. The first-order valence-corrected chi connectivity index (χ1v) is 12.1. The van der Waals surface area contributed by atoms with E-state index in [0.717, 1.165) is 19.6 Å². The summed E-state index contributed by atoms with van der Waals surface area (Å²) in [5.74, 6) is -1.12. The number of nitrogens with zero attached hydrogens (tertiary/aromatic N) is 2. The minimum absolute atomic E-state index is 0.0222. The highest BCUT2D eigenvalue weighted by Gasteiger charge is 2.26. The van der Waals surface area contributed by atoms with Crippen LogP contribution in [0.1, 0.15) is 12.5 Å². The van der Waals surface area contributed by atoms with E-state index in [1.54, 1.807) is 4.90 Å². The van der Waals surface area contributed by atoms with Crippen molar-refractivity contribution in [3.63, 3.8) is 0 Å². The van der Waals surface area contributed by atoms with Crippen LogP contribution in [0.25, 0.3) is 0 Å². The summed E-state index contributed by atoms with van der Waals surface area (Å²) in [6, 6.07) is 14.5. The first-order valence-electron chi connectivity index (χ1n) is 10.2. The van der Waals surface area contributed by atoms with Gasteiger partial charge in [0.2, 0.25) is 10.0 Å². The number of carbonyl (C=O) groups excluding carboxylic acids is 2. The van der Waals surface area contributed by atoms with Crippen molar-refractivity contribution in [1.82, 2.24) is 14.5 Å². The van der Waals surface area contributed by atoms with Gasteiger partial charge in [0.1, 0.15) is 6.04 Å². The van der Waals surface area contributed by atoms with Gasteiger partial charge in [0.05, 0.1) is 4.90 Å². The van der Waals surface area contributed by atoms with Crippen LogP contribution < -0.4 is 4.72 Å². The molecule has 2 aromatic carbocycles. The van der Waals surface area contributed by atoms with E-state index in [1.165, 1.54) is 36.8 Å². The summed E-state index contributed by atoms with van der Waals surface area (Å²) in [6.45, 7) is 4.30. The maximum Gasteiger partial charge on any atom is 0.324 e. The molecule has 32 heavy (non-hydrogen) atoms. The van der Waals surface area contributed by atoms with Gasteiger partial charge in [-0.2, -0.15) is 4.72 Å². The van der Waals surface area contributed by atoms with Crippen LogP contribution in [0.15, 0.2) is 59.5 Å². The van der Waals surface area contributed by atoms with Crippen LogP contribution in [-0.4, -0.2) is 68.9 Å². The maximum absolute atomic E-state index is 12.4. The molecule has 0 spiro atoms. The van der Waals surface area contributed by atoms with Gasteiger partial charge in [0, 0.05) is 37.7 Å². The summed E-state index contributed by atoms with van der Waals surface area (Å²) >= 11 is 5.77. The molecule has 1 aliphatic rings. The Bertz CT molecular complexity index is 1020. The van der Waals surface area contributed by atoms with Gasteiger partial charge in [-0.15, -0.1) is 0 Å². The van der Waals surface area contributed by atoms with Crippen LogP contribution in [0.4, 0.5) is 0 Å². The number of amides is 1. The number of rotatable bonds is 8. The molecule has 0 aromatic heterocycles. The maximum atomic E-state index is 12.4. The summed E-state index contributed by atoms with van der Waals surface area (Å²) < 4.78 is 32.0. The van der Waals surface area contributed by atoms with Gasteiger partial charge in [-0.1, -0.05) is 41.9 Å². The van der Waals surface area contributed by atoms with Crippen LogP contribution >= 0.6 is 11.6 Å². The summed E-state index contributed by atoms with van der Waals surface area (Å²) in [6.07, 6.45) is 0. The third kappa shape index (κ3) is 6.77. The van der Waals surface area contributed by atoms with Crippen molar-refractivity contribution in [2.75, 3.05) is 32.8 Å². The number of nitrogens with one attached hydrogen (secondary N) is 1. The molecule has 3 rings (SSSR count). The molecule has 1 fully saturated rings. The molecule has 2 aromatic rings. The number of piperazine rings is 1. The molecule has 8 nitrogen and oxygen atoms in total. The molecule has 1 aliphatic heterocycles. The lowest BCUT2D eigenvalue weighted by molar-refractivity contribution is -0.153. The number of hydrogen-bond acceptors (Lipinski definition) is 6. The monoisotopic (exact) mass is 479 g/mol. The lowest BCUT2D eigenvalue weighted by Gasteiger charge is -2.34. The van der Waals surface area contributed by atoms with E-state index in [1.807, 2.05) is 18.2 Å². The van der Waals surface area contributed by atoms with Crippen molar-refractivity contribution in [1.29, 1.82) is 0 Å². The van der Waals surface area contributed by atoms with Crippen molar-refractivity contribution in [2.24, 2.45) is 0 Å². The van der Waals surface area contributed by atoms with Gasteiger partial charge >= 0.3 is 5.97 Å². The molecule has 1 heterocycles. The Hall–Kier alpha value is -2.46. The SMILES string of the molecule is C[C@H](NS(=O)(=O)c1ccc(Cl)cc1)C(=O)OCC(=O)N1CCN(Cc2ccccc2)CC1. The lowest BCUT2D eigenvalue weighted by Crippen LogP contribution is -2.49. The zero-order valence-corrected chi connectivity index (χ0v) is 19.3. The fourth-order valence-corrected chi connectivity index (χ4v) is 4.63. The topological polar surface area (TPSA) is 96.0 Å². The van der Waals surface area contributed by atoms with Crippen LogP contribution in [-0.2, 0) is 30.9 Å². The third-order valence-electron chi connectivity index (χ3n) is 5.12. The number of carbonyl (C=O) groups is 2. The van der Waals surface area contributed by atoms with E-state index >= 15 is 0 Å². The van der Waals surface area contributed by atoms with E-state index < -0.39 is 28.6 Å². The second-order valence-electron chi connectivity index (χ2n) is 7.55. The first kappa shape index (κ1) is 24.2. The van der Waals surface area contributed by atoms with Crippen LogP contribution in [0.5, 0.6) is 0 Å². The van der Waals surface area contributed by atoms with Crippen molar-refractivity contribution in [3.05, 3.63) is 65.2 Å². The standard InChI is InChI=1S/C22H26ClN3O5S/c1-17(24-32(29,30)20-9-7-19(23)8-10-20)22(28)31-16-21(27)26-13-11-25(12-14-26)15-18-5-3-2-4-6-18/h2-10,17,24H,11-16H2,1H3/t17-/m0/s1. The van der Waals surface area contributed by atoms with E-state index in [9.17, 15) is 18.0 Å². The highest BCUT2D eigenvalue weighted by Crippen LogP contribution is 2.14. The fraction of sp³-hybridized carbons (Fsp3) is 0.364. The molecule has 0 radical (unpaired) electrons. The quantitative estimate of drug-likeness (QED) is 0.581. The highest BCUT2D eigenvalue weighted by molar-refractivity contribution is 7.89. The Morgan fingerprint density at radius 2 is 1.66 bits per heavy atom. The third-order valence-corrected chi connectivity index (χ3v) is 6.93. The predicted octanol–water partition coefficient (Wildman–Crippen LogP) is 1.89. The van der Waals surface area contributed by atoms with E-state index in [2.05, 4.69) is 21.8 Å². The van der Waals surface area contributed by atoms with Crippen LogP contribution in [0.3, 0.4) is 0 Å². The molecular formula is C22H26ClN3O5S. The smallest absolute Gasteiger partial charge is 0.324 e. The molecular weight excluding hydrogens is 454 g/mol. The normalized spacial score (nSPS) is 15.9. The largest absolute Gasteiger partial charge is 0.454 e. The minimum atomic E-state index is -3.92. The minimum Gasteiger partial charge on any atom is -0.454 e. The highest BCUT2D eigenvalue weighted by atomic mass is 35.5. The number of hydrogen-bond donors (Lipinski definition) is 1. The Balaban J connectivity index is 1.42. The van der Waals surface area contributed by atoms with Crippen LogP contribution in [0.2, 0.25) is 5.02 Å². The van der Waals surface area contributed by atoms with Crippen molar-refractivity contribution < 1.29 is 22.7 Å². The Labute approximate surface area is 193 Å². The van der Waals surface area contributed by atoms with Gasteiger partial charge in [0.25, 0.3) is 5.91 Å². The molecule has 1 N–H and O–H groups in total. The van der Waals surface area contributed by atoms with Gasteiger partial charge in [-0.05, 0) is 36.8 Å². The molecule has 10 heteroatoms. The molecule has 0 saturated carbocycles. The van der Waals surface area contributed by atoms with Gasteiger partial charge in [0.15, 0.2) is 6.61 Å². The molecule has 0 unspecified atom stereocenters. The Kier molecular flexibility index (Phi) is 8.25. The predicted molar refractivity (Wildman–Crippen MR) is 120 cm³/mol. The Morgan fingerprint density at radius 1 is 1.03 bits per heavy atom. The molecule has 1 saturated heterocycles. The second kappa shape index (κ2) is 10.9. The molecule has 0 bridgehead atoms. The average molecular weight is 480 g/mol. The molecule has 172 valence electrons. The van der Waals surface area contributed by atoms with E-state index in [4.69, 9.17) is 16.3 Å². The average Bonchev–Trinajstić information content (AvgIpc) is 2.78. The van der Waals surface area contributed by atoms with Crippen molar-refractivity contribution >= 4 is 33.5 Å². The number of sulfonamides is 1. The summed E-state index contributed by atoms with van der Waals surface area (Å²) in [7, 11) is -3.92. The van der Waals surface area contributed by atoms with Crippen LogP contribution in [0, 0.1) is 0 Å². The number of ether oxygens (including phenoxy) is 1. The lowest BCUT2D eigenvalue weighted by atomic mass is 10.2.